The fraction of sp³-hybridized carbons (Fsp3) is 0.621. The van der Waals surface area contributed by atoms with E-state index in [4.69, 9.17) is 4.98 Å². The summed E-state index contributed by atoms with van der Waals surface area (Å²) in [5.41, 5.74) is 5.27. The molecule has 0 spiro atoms. The van der Waals surface area contributed by atoms with Crippen molar-refractivity contribution in [2.45, 2.75) is 110 Å². The Kier molecular flexibility index (Phi) is 9.93. The van der Waals surface area contributed by atoms with Crippen molar-refractivity contribution in [3.63, 3.8) is 0 Å². The molecule has 2 aromatic rings. The lowest BCUT2D eigenvalue weighted by molar-refractivity contribution is 0.303. The first kappa shape index (κ1) is 23.0. The van der Waals surface area contributed by atoms with E-state index >= 15 is 0 Å². The Bertz CT molecular complexity index is 692. The highest BCUT2D eigenvalue weighted by molar-refractivity contribution is 5.59. The molecule has 0 radical (unpaired) electrons. The highest BCUT2D eigenvalue weighted by Gasteiger charge is 2.22. The molecule has 164 valence electrons. The highest BCUT2D eigenvalue weighted by Crippen LogP contribution is 2.38. The maximum absolute atomic E-state index is 4.75. The monoisotopic (exact) mass is 405 g/mol. The molecule has 30 heavy (non-hydrogen) atoms. The number of pyridine rings is 1. The van der Waals surface area contributed by atoms with Crippen molar-refractivity contribution >= 4 is 0 Å². The molecular formula is C29H43N. The van der Waals surface area contributed by atoms with Crippen molar-refractivity contribution in [2.24, 2.45) is 5.92 Å². The van der Waals surface area contributed by atoms with E-state index in [2.05, 4.69) is 56.4 Å². The van der Waals surface area contributed by atoms with Gasteiger partial charge >= 0.3 is 0 Å². The molecule has 0 N–H and O–H groups in total. The Morgan fingerprint density at radius 2 is 1.43 bits per heavy atom. The third-order valence-corrected chi connectivity index (χ3v) is 7.13. The minimum absolute atomic E-state index is 0.768. The molecule has 0 aliphatic heterocycles. The molecule has 0 saturated heterocycles. The molecule has 1 fully saturated rings. The average molecular weight is 406 g/mol. The molecule has 1 aliphatic rings. The minimum Gasteiger partial charge on any atom is -0.256 e. The van der Waals surface area contributed by atoms with E-state index in [1.165, 1.54) is 100 Å². The average Bonchev–Trinajstić information content (AvgIpc) is 2.80. The summed E-state index contributed by atoms with van der Waals surface area (Å²) in [4.78, 5) is 4.75. The number of nitrogens with zero attached hydrogens (tertiary/aromatic N) is 1. The van der Waals surface area contributed by atoms with Crippen LogP contribution < -0.4 is 0 Å². The summed E-state index contributed by atoms with van der Waals surface area (Å²) in [5.74, 6) is 1.76. The molecule has 1 heterocycles. The second kappa shape index (κ2) is 12.9. The van der Waals surface area contributed by atoms with Crippen LogP contribution in [0.5, 0.6) is 0 Å². The summed E-state index contributed by atoms with van der Waals surface area (Å²) in [6.07, 6.45) is 21.2. The fourth-order valence-corrected chi connectivity index (χ4v) is 5.07. The number of benzene rings is 1. The molecule has 0 atom stereocenters. The normalized spacial score (nSPS) is 19.1. The summed E-state index contributed by atoms with van der Waals surface area (Å²) in [5, 5.41) is 0. The lowest BCUT2D eigenvalue weighted by Gasteiger charge is -2.29. The molecule has 1 aromatic carbocycles. The van der Waals surface area contributed by atoms with Gasteiger partial charge in [-0.3, -0.25) is 4.98 Å². The maximum atomic E-state index is 4.75. The van der Waals surface area contributed by atoms with Gasteiger partial charge in [0.2, 0.25) is 0 Å². The van der Waals surface area contributed by atoms with Gasteiger partial charge in [-0.1, -0.05) is 95.5 Å². The molecule has 0 amide bonds. The van der Waals surface area contributed by atoms with Crippen molar-refractivity contribution in [1.82, 2.24) is 4.98 Å². The topological polar surface area (TPSA) is 12.9 Å². The van der Waals surface area contributed by atoms with Crippen LogP contribution in [0.4, 0.5) is 0 Å². The summed E-state index contributed by atoms with van der Waals surface area (Å²) < 4.78 is 0. The predicted octanol–water partition coefficient (Wildman–Crippen LogP) is 9.12. The maximum Gasteiger partial charge on any atom is 0.0702 e. The zero-order chi connectivity index (χ0) is 21.0. The number of hydrogen-bond acceptors (Lipinski definition) is 1. The second-order valence-corrected chi connectivity index (χ2v) is 9.55. The van der Waals surface area contributed by atoms with Gasteiger partial charge < -0.3 is 0 Å². The first-order valence-corrected chi connectivity index (χ1v) is 12.9. The molecule has 0 bridgehead atoms. The van der Waals surface area contributed by atoms with E-state index in [1.54, 1.807) is 0 Å². The molecule has 1 heteroatoms. The fourth-order valence-electron chi connectivity index (χ4n) is 5.07. The molecule has 1 aromatic heterocycles. The Balaban J connectivity index is 1.46. The van der Waals surface area contributed by atoms with Crippen LogP contribution in [0.25, 0.3) is 11.3 Å². The van der Waals surface area contributed by atoms with Crippen LogP contribution in [0.15, 0.2) is 42.6 Å². The van der Waals surface area contributed by atoms with Crippen LogP contribution >= 0.6 is 0 Å². The van der Waals surface area contributed by atoms with Crippen molar-refractivity contribution in [1.29, 1.82) is 0 Å². The van der Waals surface area contributed by atoms with E-state index in [9.17, 15) is 0 Å². The van der Waals surface area contributed by atoms with Gasteiger partial charge in [0.25, 0.3) is 0 Å². The molecule has 3 rings (SSSR count). The SMILES string of the molecule is CCCCCCCc1ccc(-c2ccc(C3CCC(CCCCC)CC3)cc2)nc1. The van der Waals surface area contributed by atoms with Crippen LogP contribution in [0, 0.1) is 5.92 Å². The zero-order valence-electron chi connectivity index (χ0n) is 19.5. The van der Waals surface area contributed by atoms with Crippen molar-refractivity contribution < 1.29 is 0 Å². The third-order valence-electron chi connectivity index (χ3n) is 7.13. The summed E-state index contributed by atoms with van der Waals surface area (Å²) in [6.45, 7) is 4.58. The Hall–Kier alpha value is -1.63. The smallest absolute Gasteiger partial charge is 0.0702 e. The second-order valence-electron chi connectivity index (χ2n) is 9.55. The van der Waals surface area contributed by atoms with E-state index in [-0.39, 0.29) is 0 Å². The van der Waals surface area contributed by atoms with E-state index in [0.29, 0.717) is 0 Å². The Morgan fingerprint density at radius 1 is 0.733 bits per heavy atom. The molecule has 1 nitrogen and oxygen atoms in total. The van der Waals surface area contributed by atoms with Gasteiger partial charge in [-0.15, -0.1) is 0 Å². The Morgan fingerprint density at radius 3 is 2.10 bits per heavy atom. The van der Waals surface area contributed by atoms with Crippen molar-refractivity contribution in [3.8, 4) is 11.3 Å². The van der Waals surface area contributed by atoms with E-state index < -0.39 is 0 Å². The van der Waals surface area contributed by atoms with E-state index in [0.717, 1.165) is 24.0 Å². The lowest BCUT2D eigenvalue weighted by atomic mass is 9.77. The lowest BCUT2D eigenvalue weighted by Crippen LogP contribution is -2.13. The largest absolute Gasteiger partial charge is 0.256 e. The minimum atomic E-state index is 0.768. The molecule has 0 unspecified atom stereocenters. The van der Waals surface area contributed by atoms with Gasteiger partial charge in [0.1, 0.15) is 0 Å². The summed E-state index contributed by atoms with van der Waals surface area (Å²) >= 11 is 0. The van der Waals surface area contributed by atoms with Gasteiger partial charge in [-0.2, -0.15) is 0 Å². The van der Waals surface area contributed by atoms with Crippen LogP contribution in [-0.4, -0.2) is 4.98 Å². The number of aryl methyl sites for hydroxylation is 1. The molecular weight excluding hydrogens is 362 g/mol. The highest BCUT2D eigenvalue weighted by atomic mass is 14.7. The molecule has 1 aliphatic carbocycles. The van der Waals surface area contributed by atoms with Crippen molar-refractivity contribution in [3.05, 3.63) is 53.7 Å². The van der Waals surface area contributed by atoms with Gasteiger partial charge in [-0.25, -0.2) is 0 Å². The van der Waals surface area contributed by atoms with Crippen LogP contribution in [0.3, 0.4) is 0 Å². The quantitative estimate of drug-likeness (QED) is 0.321. The van der Waals surface area contributed by atoms with Crippen LogP contribution in [-0.2, 0) is 6.42 Å². The third kappa shape index (κ3) is 7.25. The first-order valence-electron chi connectivity index (χ1n) is 12.9. The van der Waals surface area contributed by atoms with Crippen LogP contribution in [0.2, 0.25) is 0 Å². The zero-order valence-corrected chi connectivity index (χ0v) is 19.5. The predicted molar refractivity (Wildman–Crippen MR) is 131 cm³/mol. The van der Waals surface area contributed by atoms with Gasteiger partial charge in [0, 0.05) is 11.8 Å². The number of unbranched alkanes of at least 4 members (excludes halogenated alkanes) is 6. The molecule has 1 saturated carbocycles. The van der Waals surface area contributed by atoms with Gasteiger partial charge in [-0.05, 0) is 67.6 Å². The number of rotatable bonds is 12. The van der Waals surface area contributed by atoms with Crippen LogP contribution in [0.1, 0.15) is 114 Å². The summed E-state index contributed by atoms with van der Waals surface area (Å²) in [6, 6.07) is 13.8. The first-order chi connectivity index (χ1) is 14.8. The van der Waals surface area contributed by atoms with E-state index in [1.807, 2.05) is 0 Å². The number of hydrogen-bond donors (Lipinski definition) is 0. The van der Waals surface area contributed by atoms with Crippen molar-refractivity contribution in [2.75, 3.05) is 0 Å². The standard InChI is InChI=1S/C29H43N/c1-3-5-7-8-10-12-25-15-22-29(30-23-25)28-20-18-27(19-21-28)26-16-13-24(14-17-26)11-9-6-4-2/h15,18-24,26H,3-14,16-17H2,1-2H3. The summed E-state index contributed by atoms with van der Waals surface area (Å²) in [7, 11) is 0. The Labute approximate surface area is 185 Å². The van der Waals surface area contributed by atoms with Gasteiger partial charge in [0.15, 0.2) is 0 Å². The van der Waals surface area contributed by atoms with Gasteiger partial charge in [0.05, 0.1) is 5.69 Å². The number of aromatic nitrogens is 1.